The Balaban J connectivity index is 1.76. The quantitative estimate of drug-likeness (QED) is 0.791. The van der Waals surface area contributed by atoms with Gasteiger partial charge >= 0.3 is 0 Å². The highest BCUT2D eigenvalue weighted by Crippen LogP contribution is 2.25. The number of furan rings is 1. The minimum absolute atomic E-state index is 0.394. The standard InChI is InChI=1S/C19H24ClN3OS/c1-14-5-6-18(17(20)12-14)21-19(25)23(13-16-4-3-11-24-16)15-7-9-22(2)10-8-15/h3-6,11-12,15H,7-10,13H2,1-2H3,(H,21,25). The topological polar surface area (TPSA) is 31.6 Å². The first-order chi connectivity index (χ1) is 12.0. The second kappa shape index (κ2) is 8.21. The number of aryl methyl sites for hydroxylation is 1. The van der Waals surface area contributed by atoms with E-state index in [4.69, 9.17) is 28.2 Å². The van der Waals surface area contributed by atoms with Crippen molar-refractivity contribution in [3.05, 3.63) is 52.9 Å². The van der Waals surface area contributed by atoms with E-state index in [0.717, 1.165) is 42.9 Å². The molecule has 1 aliphatic heterocycles. The van der Waals surface area contributed by atoms with Crippen LogP contribution in [-0.4, -0.2) is 41.1 Å². The minimum atomic E-state index is 0.394. The molecule has 0 bridgehead atoms. The molecule has 25 heavy (non-hydrogen) atoms. The molecule has 2 aromatic rings. The van der Waals surface area contributed by atoms with E-state index >= 15 is 0 Å². The van der Waals surface area contributed by atoms with Gasteiger partial charge in [0, 0.05) is 6.04 Å². The van der Waals surface area contributed by atoms with Crippen molar-refractivity contribution in [3.63, 3.8) is 0 Å². The van der Waals surface area contributed by atoms with Crippen molar-refractivity contribution in [1.82, 2.24) is 9.80 Å². The summed E-state index contributed by atoms with van der Waals surface area (Å²) in [5.74, 6) is 0.915. The fourth-order valence-corrected chi connectivity index (χ4v) is 3.76. The summed E-state index contributed by atoms with van der Waals surface area (Å²) in [5.41, 5.74) is 1.97. The van der Waals surface area contributed by atoms with E-state index in [1.807, 2.05) is 37.3 Å². The van der Waals surface area contributed by atoms with E-state index in [0.29, 0.717) is 22.7 Å². The maximum atomic E-state index is 6.36. The van der Waals surface area contributed by atoms with E-state index in [1.165, 1.54) is 0 Å². The second-order valence-electron chi connectivity index (χ2n) is 6.66. The van der Waals surface area contributed by atoms with Crippen molar-refractivity contribution in [3.8, 4) is 0 Å². The summed E-state index contributed by atoms with van der Waals surface area (Å²) in [6, 6.07) is 10.2. The maximum absolute atomic E-state index is 6.36. The Labute approximate surface area is 159 Å². The Morgan fingerprint density at radius 3 is 2.76 bits per heavy atom. The number of benzene rings is 1. The van der Waals surface area contributed by atoms with Crippen molar-refractivity contribution in [2.45, 2.75) is 32.4 Å². The van der Waals surface area contributed by atoms with E-state index < -0.39 is 0 Å². The van der Waals surface area contributed by atoms with Crippen molar-refractivity contribution >= 4 is 34.6 Å². The molecule has 0 radical (unpaired) electrons. The number of piperidine rings is 1. The van der Waals surface area contributed by atoms with Crippen LogP contribution in [0.15, 0.2) is 41.0 Å². The Morgan fingerprint density at radius 1 is 1.36 bits per heavy atom. The molecular formula is C19H24ClN3OS. The SMILES string of the molecule is Cc1ccc(NC(=S)N(Cc2ccco2)C2CCN(C)CC2)c(Cl)c1. The van der Waals surface area contributed by atoms with Gasteiger partial charge in [0.2, 0.25) is 0 Å². The largest absolute Gasteiger partial charge is 0.467 e. The Kier molecular flexibility index (Phi) is 5.99. The second-order valence-corrected chi connectivity index (χ2v) is 7.45. The molecule has 0 saturated carbocycles. The molecule has 0 unspecified atom stereocenters. The number of hydrogen-bond donors (Lipinski definition) is 1. The third-order valence-corrected chi connectivity index (χ3v) is 5.31. The molecule has 0 amide bonds. The Bertz CT molecular complexity index is 711. The summed E-state index contributed by atoms with van der Waals surface area (Å²) in [6.07, 6.45) is 3.87. The zero-order chi connectivity index (χ0) is 17.8. The number of nitrogens with one attached hydrogen (secondary N) is 1. The third-order valence-electron chi connectivity index (χ3n) is 4.66. The molecule has 6 heteroatoms. The van der Waals surface area contributed by atoms with Crippen LogP contribution in [0.5, 0.6) is 0 Å². The summed E-state index contributed by atoms with van der Waals surface area (Å²) in [5, 5.41) is 4.70. The van der Waals surface area contributed by atoms with E-state index in [-0.39, 0.29) is 0 Å². The molecule has 3 rings (SSSR count). The zero-order valence-corrected chi connectivity index (χ0v) is 16.2. The maximum Gasteiger partial charge on any atom is 0.174 e. The summed E-state index contributed by atoms with van der Waals surface area (Å²) >= 11 is 12.1. The van der Waals surface area contributed by atoms with Crippen LogP contribution in [0.2, 0.25) is 5.02 Å². The van der Waals surface area contributed by atoms with Gasteiger partial charge in [-0.25, -0.2) is 0 Å². The summed E-state index contributed by atoms with van der Waals surface area (Å²) in [6.45, 7) is 4.84. The van der Waals surface area contributed by atoms with Crippen molar-refractivity contribution in [1.29, 1.82) is 0 Å². The fraction of sp³-hybridized carbons (Fsp3) is 0.421. The Hall–Kier alpha value is -1.56. The highest BCUT2D eigenvalue weighted by Gasteiger charge is 2.26. The molecular weight excluding hydrogens is 354 g/mol. The lowest BCUT2D eigenvalue weighted by Gasteiger charge is -2.38. The normalized spacial score (nSPS) is 16.0. The number of nitrogens with zero attached hydrogens (tertiary/aromatic N) is 2. The van der Waals surface area contributed by atoms with Gasteiger partial charge in [-0.1, -0.05) is 17.7 Å². The molecule has 0 aliphatic carbocycles. The average Bonchev–Trinajstić information content (AvgIpc) is 3.09. The molecule has 0 atom stereocenters. The smallest absolute Gasteiger partial charge is 0.174 e. The predicted molar refractivity (Wildman–Crippen MR) is 107 cm³/mol. The lowest BCUT2D eigenvalue weighted by molar-refractivity contribution is 0.168. The van der Waals surface area contributed by atoms with Crippen LogP contribution in [-0.2, 0) is 6.54 Å². The van der Waals surface area contributed by atoms with Crippen LogP contribution in [0.1, 0.15) is 24.2 Å². The van der Waals surface area contributed by atoms with Crippen molar-refractivity contribution in [2.24, 2.45) is 0 Å². The van der Waals surface area contributed by atoms with Gasteiger partial charge in [0.25, 0.3) is 0 Å². The van der Waals surface area contributed by atoms with Crippen molar-refractivity contribution < 1.29 is 4.42 Å². The molecule has 1 saturated heterocycles. The average molecular weight is 378 g/mol. The number of thiocarbonyl (C=S) groups is 1. The first-order valence-electron chi connectivity index (χ1n) is 8.57. The highest BCUT2D eigenvalue weighted by atomic mass is 35.5. The van der Waals surface area contributed by atoms with Gasteiger partial charge in [0.05, 0.1) is 23.5 Å². The number of halogens is 1. The first-order valence-corrected chi connectivity index (χ1v) is 9.36. The monoisotopic (exact) mass is 377 g/mol. The van der Waals surface area contributed by atoms with Crippen LogP contribution in [0.3, 0.4) is 0 Å². The molecule has 1 aromatic carbocycles. The van der Waals surface area contributed by atoms with E-state index in [2.05, 4.69) is 22.2 Å². The molecule has 4 nitrogen and oxygen atoms in total. The van der Waals surface area contributed by atoms with E-state index in [9.17, 15) is 0 Å². The predicted octanol–water partition coefficient (Wildman–Crippen LogP) is 4.53. The summed E-state index contributed by atoms with van der Waals surface area (Å²) in [4.78, 5) is 4.59. The van der Waals surface area contributed by atoms with Gasteiger partial charge in [0.1, 0.15) is 5.76 Å². The van der Waals surface area contributed by atoms with Gasteiger partial charge in [-0.2, -0.15) is 0 Å². The number of anilines is 1. The first kappa shape index (κ1) is 18.2. The van der Waals surface area contributed by atoms with Crippen molar-refractivity contribution in [2.75, 3.05) is 25.5 Å². The Morgan fingerprint density at radius 2 is 2.12 bits per heavy atom. The van der Waals surface area contributed by atoms with Gasteiger partial charge in [-0.15, -0.1) is 0 Å². The molecule has 1 aliphatic rings. The number of hydrogen-bond acceptors (Lipinski definition) is 3. The van der Waals surface area contributed by atoms with Crippen LogP contribution in [0.4, 0.5) is 5.69 Å². The lowest BCUT2D eigenvalue weighted by atomic mass is 10.0. The molecule has 1 fully saturated rings. The number of rotatable bonds is 4. The molecule has 1 N–H and O–H groups in total. The zero-order valence-electron chi connectivity index (χ0n) is 14.7. The van der Waals surface area contributed by atoms with Gasteiger partial charge in [-0.3, -0.25) is 0 Å². The molecule has 134 valence electrons. The molecule has 1 aromatic heterocycles. The highest BCUT2D eigenvalue weighted by molar-refractivity contribution is 7.80. The lowest BCUT2D eigenvalue weighted by Crippen LogP contribution is -2.47. The van der Waals surface area contributed by atoms with Gasteiger partial charge < -0.3 is 19.5 Å². The van der Waals surface area contributed by atoms with Crippen LogP contribution in [0, 0.1) is 6.92 Å². The summed E-state index contributed by atoms with van der Waals surface area (Å²) in [7, 11) is 2.16. The third kappa shape index (κ3) is 4.75. The fourth-order valence-electron chi connectivity index (χ4n) is 3.15. The number of likely N-dealkylation sites (tertiary alicyclic amines) is 1. The molecule has 0 spiro atoms. The van der Waals surface area contributed by atoms with Crippen LogP contribution < -0.4 is 5.32 Å². The minimum Gasteiger partial charge on any atom is -0.467 e. The summed E-state index contributed by atoms with van der Waals surface area (Å²) < 4.78 is 5.55. The van der Waals surface area contributed by atoms with Gasteiger partial charge in [-0.05, 0) is 81.9 Å². The van der Waals surface area contributed by atoms with Crippen LogP contribution in [0.25, 0.3) is 0 Å². The van der Waals surface area contributed by atoms with E-state index in [1.54, 1.807) is 6.26 Å². The van der Waals surface area contributed by atoms with Gasteiger partial charge in [0.15, 0.2) is 5.11 Å². The van der Waals surface area contributed by atoms with Crippen LogP contribution >= 0.6 is 23.8 Å². The molecule has 2 heterocycles.